The van der Waals surface area contributed by atoms with Crippen molar-refractivity contribution < 1.29 is 9.18 Å². The highest BCUT2D eigenvalue weighted by molar-refractivity contribution is 6.11. The van der Waals surface area contributed by atoms with Crippen LogP contribution in [0.4, 0.5) is 10.1 Å². The summed E-state index contributed by atoms with van der Waals surface area (Å²) in [4.78, 5) is 13.6. The number of rotatable bonds is 7. The highest BCUT2D eigenvalue weighted by atomic mass is 19.1. The van der Waals surface area contributed by atoms with Crippen molar-refractivity contribution in [3.8, 4) is 11.3 Å². The molecule has 0 radical (unpaired) electrons. The molecule has 3 nitrogen and oxygen atoms in total. The topological polar surface area (TPSA) is 34.0 Å². The Bertz CT molecular complexity index is 1140. The van der Waals surface area contributed by atoms with Gasteiger partial charge in [-0.3, -0.25) is 4.79 Å². The van der Waals surface area contributed by atoms with E-state index >= 15 is 0 Å². The van der Waals surface area contributed by atoms with Gasteiger partial charge in [-0.05, 0) is 53.5 Å². The van der Waals surface area contributed by atoms with Gasteiger partial charge in [0.15, 0.2) is 0 Å². The van der Waals surface area contributed by atoms with Crippen LogP contribution in [0.2, 0.25) is 0 Å². The van der Waals surface area contributed by atoms with Crippen LogP contribution in [0.15, 0.2) is 86.0 Å². The van der Waals surface area contributed by atoms with Crippen molar-refractivity contribution in [1.29, 1.82) is 0 Å². The Hall–Kier alpha value is -3.66. The van der Waals surface area contributed by atoms with Gasteiger partial charge in [0, 0.05) is 24.0 Å². The summed E-state index contributed by atoms with van der Waals surface area (Å²) in [5.41, 5.74) is 5.35. The van der Waals surface area contributed by atoms with Crippen molar-refractivity contribution in [3.63, 3.8) is 0 Å². The molecule has 158 valence electrons. The molecule has 4 heteroatoms. The van der Waals surface area contributed by atoms with E-state index in [2.05, 4.69) is 32.3 Å². The third-order valence-corrected chi connectivity index (χ3v) is 5.17. The number of carbonyl (C=O) groups is 1. The Kier molecular flexibility index (Phi) is 6.71. The fourth-order valence-corrected chi connectivity index (χ4v) is 3.93. The predicted molar refractivity (Wildman–Crippen MR) is 128 cm³/mol. The highest BCUT2D eigenvalue weighted by Gasteiger charge is 2.29. The molecule has 0 aliphatic heterocycles. The average Bonchev–Trinajstić information content (AvgIpc) is 3.06. The van der Waals surface area contributed by atoms with Crippen LogP contribution in [0.3, 0.4) is 0 Å². The van der Waals surface area contributed by atoms with E-state index in [1.165, 1.54) is 12.1 Å². The van der Waals surface area contributed by atoms with Gasteiger partial charge < -0.3 is 9.88 Å². The van der Waals surface area contributed by atoms with Gasteiger partial charge in [-0.1, -0.05) is 63.4 Å². The summed E-state index contributed by atoms with van der Waals surface area (Å²) in [6.07, 6.45) is 5.22. The molecule has 0 aliphatic rings. The SMILES string of the molecule is C=C/C=C(\C=C)c1c(C(=O)Nc2ccccc2)c(C(C)C)n(C)c1-c1ccc(F)cc1. The van der Waals surface area contributed by atoms with Gasteiger partial charge in [0.1, 0.15) is 5.82 Å². The average molecular weight is 415 g/mol. The third-order valence-electron chi connectivity index (χ3n) is 5.17. The first-order valence-corrected chi connectivity index (χ1v) is 10.2. The van der Waals surface area contributed by atoms with E-state index in [0.29, 0.717) is 11.3 Å². The molecule has 1 N–H and O–H groups in total. The molecule has 0 spiro atoms. The van der Waals surface area contributed by atoms with Gasteiger partial charge in [0.05, 0.1) is 11.3 Å². The second kappa shape index (κ2) is 9.43. The summed E-state index contributed by atoms with van der Waals surface area (Å²) in [6, 6.07) is 15.7. The molecule has 1 amide bonds. The fourth-order valence-electron chi connectivity index (χ4n) is 3.93. The van der Waals surface area contributed by atoms with Crippen molar-refractivity contribution in [2.45, 2.75) is 19.8 Å². The zero-order valence-electron chi connectivity index (χ0n) is 18.2. The van der Waals surface area contributed by atoms with E-state index in [-0.39, 0.29) is 17.6 Å². The van der Waals surface area contributed by atoms with E-state index in [4.69, 9.17) is 0 Å². The number of nitrogens with zero attached hydrogens (tertiary/aromatic N) is 1. The van der Waals surface area contributed by atoms with E-state index in [0.717, 1.165) is 28.1 Å². The maximum absolute atomic E-state index is 13.6. The number of benzene rings is 2. The predicted octanol–water partition coefficient (Wildman–Crippen LogP) is 6.96. The maximum atomic E-state index is 13.6. The lowest BCUT2D eigenvalue weighted by molar-refractivity contribution is 0.102. The molecule has 3 aromatic rings. The number of nitrogens with one attached hydrogen (secondary N) is 1. The third kappa shape index (κ3) is 4.43. The molecule has 3 rings (SSSR count). The summed E-state index contributed by atoms with van der Waals surface area (Å²) in [5.74, 6) is -0.439. The minimum Gasteiger partial charge on any atom is -0.346 e. The second-order valence-corrected chi connectivity index (χ2v) is 7.59. The van der Waals surface area contributed by atoms with Crippen LogP contribution in [-0.4, -0.2) is 10.5 Å². The number of anilines is 1. The Morgan fingerprint density at radius 2 is 1.68 bits per heavy atom. The Labute approximate surface area is 183 Å². The van der Waals surface area contributed by atoms with Gasteiger partial charge in [0.2, 0.25) is 0 Å². The highest BCUT2D eigenvalue weighted by Crippen LogP contribution is 2.39. The minimum atomic E-state index is -0.309. The van der Waals surface area contributed by atoms with E-state index < -0.39 is 0 Å². The van der Waals surface area contributed by atoms with Gasteiger partial charge in [-0.25, -0.2) is 4.39 Å². The van der Waals surface area contributed by atoms with Crippen LogP contribution >= 0.6 is 0 Å². The summed E-state index contributed by atoms with van der Waals surface area (Å²) in [5, 5.41) is 3.02. The van der Waals surface area contributed by atoms with Crippen LogP contribution in [0.25, 0.3) is 16.8 Å². The van der Waals surface area contributed by atoms with Gasteiger partial charge in [-0.2, -0.15) is 0 Å². The Morgan fingerprint density at radius 1 is 1.03 bits per heavy atom. The standard InChI is InChI=1S/C27H27FN2O/c1-6-11-19(7-2)23-24(27(31)29-22-12-9-8-10-13-22)25(18(3)4)30(5)26(23)20-14-16-21(28)17-15-20/h6-18H,1-2H2,3-5H3,(H,29,31)/b19-11+. The molecule has 0 fully saturated rings. The van der Waals surface area contributed by atoms with Crippen LogP contribution < -0.4 is 5.32 Å². The lowest BCUT2D eigenvalue weighted by Crippen LogP contribution is -2.16. The smallest absolute Gasteiger partial charge is 0.258 e. The first kappa shape index (κ1) is 22.0. The summed E-state index contributed by atoms with van der Waals surface area (Å²) in [7, 11) is 1.94. The van der Waals surface area contributed by atoms with E-state index in [9.17, 15) is 9.18 Å². The largest absolute Gasteiger partial charge is 0.346 e. The molecular weight excluding hydrogens is 387 g/mol. The molecule has 0 unspecified atom stereocenters. The van der Waals surface area contributed by atoms with Crippen molar-refractivity contribution in [2.24, 2.45) is 7.05 Å². The Balaban J connectivity index is 2.34. The molecule has 1 aromatic heterocycles. The molecule has 31 heavy (non-hydrogen) atoms. The lowest BCUT2D eigenvalue weighted by Gasteiger charge is -2.13. The number of para-hydroxylation sites is 1. The maximum Gasteiger partial charge on any atom is 0.258 e. The number of aromatic nitrogens is 1. The lowest BCUT2D eigenvalue weighted by atomic mass is 9.94. The van der Waals surface area contributed by atoms with E-state index in [1.54, 1.807) is 24.3 Å². The number of allylic oxidation sites excluding steroid dienone is 4. The number of carbonyl (C=O) groups excluding carboxylic acids is 1. The molecule has 1 heterocycles. The molecular formula is C27H27FN2O. The van der Waals surface area contributed by atoms with Gasteiger partial charge in [0.25, 0.3) is 5.91 Å². The second-order valence-electron chi connectivity index (χ2n) is 7.59. The van der Waals surface area contributed by atoms with Crippen molar-refractivity contribution >= 4 is 17.2 Å². The molecule has 0 saturated heterocycles. The number of hydrogen-bond donors (Lipinski definition) is 1. The fraction of sp³-hybridized carbons (Fsp3) is 0.148. The van der Waals surface area contributed by atoms with Crippen molar-refractivity contribution in [2.75, 3.05) is 5.32 Å². The number of amides is 1. The monoisotopic (exact) mass is 414 g/mol. The summed E-state index contributed by atoms with van der Waals surface area (Å²) >= 11 is 0. The van der Waals surface area contributed by atoms with Gasteiger partial charge in [-0.15, -0.1) is 0 Å². The van der Waals surface area contributed by atoms with Crippen LogP contribution in [0, 0.1) is 5.82 Å². The van der Waals surface area contributed by atoms with Crippen molar-refractivity contribution in [1.82, 2.24) is 4.57 Å². The Morgan fingerprint density at radius 3 is 2.23 bits per heavy atom. The van der Waals surface area contributed by atoms with Crippen LogP contribution in [0.5, 0.6) is 0 Å². The summed E-state index contributed by atoms with van der Waals surface area (Å²) < 4.78 is 15.6. The van der Waals surface area contributed by atoms with Crippen LogP contribution in [0.1, 0.15) is 41.4 Å². The quantitative estimate of drug-likeness (QED) is 0.417. The molecule has 0 atom stereocenters. The van der Waals surface area contributed by atoms with Crippen molar-refractivity contribution in [3.05, 3.63) is 109 Å². The molecule has 2 aromatic carbocycles. The van der Waals surface area contributed by atoms with Gasteiger partial charge >= 0.3 is 0 Å². The summed E-state index contributed by atoms with van der Waals surface area (Å²) in [6.45, 7) is 11.9. The molecule has 0 saturated carbocycles. The van der Waals surface area contributed by atoms with Crippen LogP contribution in [-0.2, 0) is 7.05 Å². The first-order chi connectivity index (χ1) is 14.9. The first-order valence-electron chi connectivity index (χ1n) is 10.2. The zero-order chi connectivity index (χ0) is 22.5. The molecule has 0 aliphatic carbocycles. The minimum absolute atomic E-state index is 0.0734. The number of hydrogen-bond acceptors (Lipinski definition) is 1. The van der Waals surface area contributed by atoms with E-state index in [1.807, 2.05) is 48.0 Å². The number of halogens is 1. The molecule has 0 bridgehead atoms. The normalized spacial score (nSPS) is 11.5. The zero-order valence-corrected chi connectivity index (χ0v) is 18.2.